The number of anilines is 1. The highest BCUT2D eigenvalue weighted by molar-refractivity contribution is 6.08. The highest BCUT2D eigenvalue weighted by Crippen LogP contribution is 2.38. The zero-order valence-corrected chi connectivity index (χ0v) is 16.9. The lowest BCUT2D eigenvalue weighted by Crippen LogP contribution is -2.14. The Morgan fingerprint density at radius 2 is 1.97 bits per heavy atom. The lowest BCUT2D eigenvalue weighted by molar-refractivity contribution is 0.0992. The average Bonchev–Trinajstić information content (AvgIpc) is 3.37. The molecule has 2 N–H and O–H groups in total. The molecule has 29 heavy (non-hydrogen) atoms. The van der Waals surface area contributed by atoms with Gasteiger partial charge < -0.3 is 13.9 Å². The average molecular weight is 401 g/mol. The van der Waals surface area contributed by atoms with Gasteiger partial charge in [-0.05, 0) is 23.8 Å². The van der Waals surface area contributed by atoms with Crippen LogP contribution in [0.4, 0.5) is 5.95 Å². The van der Waals surface area contributed by atoms with Crippen LogP contribution in [0.25, 0.3) is 11.0 Å². The molecule has 0 radical (unpaired) electrons. The van der Waals surface area contributed by atoms with Crippen molar-refractivity contribution in [3.63, 3.8) is 0 Å². The number of nitrogens with zero attached hydrogens (tertiary/aromatic N) is 3. The van der Waals surface area contributed by atoms with Crippen molar-refractivity contribution in [2.75, 3.05) is 19.0 Å². The van der Waals surface area contributed by atoms with Gasteiger partial charge in [0.25, 0.3) is 11.9 Å². The van der Waals surface area contributed by atoms with Crippen LogP contribution in [0.1, 0.15) is 62.4 Å². The Bertz CT molecular complexity index is 907. The quantitative estimate of drug-likeness (QED) is 0.434. The highest BCUT2D eigenvalue weighted by atomic mass is 16.5. The second-order valence-corrected chi connectivity index (χ2v) is 6.76. The van der Waals surface area contributed by atoms with Gasteiger partial charge >= 0.3 is 0 Å². The summed E-state index contributed by atoms with van der Waals surface area (Å²) in [4.78, 5) is 12.7. The molecule has 1 aromatic carbocycles. The second-order valence-electron chi connectivity index (χ2n) is 6.76. The van der Waals surface area contributed by atoms with Crippen molar-refractivity contribution < 1.29 is 18.7 Å². The molecule has 0 spiro atoms. The fourth-order valence-electron chi connectivity index (χ4n) is 3.13. The fourth-order valence-corrected chi connectivity index (χ4v) is 3.13. The third kappa shape index (κ3) is 5.24. The first-order valence-corrected chi connectivity index (χ1v) is 10.0. The number of tetrazole rings is 1. The molecule has 0 saturated heterocycles. The Morgan fingerprint density at radius 1 is 1.17 bits per heavy atom. The smallest absolute Gasteiger partial charge is 0.297 e. The van der Waals surface area contributed by atoms with E-state index >= 15 is 0 Å². The molecule has 1 amide bonds. The number of furan rings is 1. The summed E-state index contributed by atoms with van der Waals surface area (Å²) in [5, 5.41) is 16.4. The van der Waals surface area contributed by atoms with Gasteiger partial charge in [-0.3, -0.25) is 10.1 Å². The molecule has 3 rings (SSSR count). The topological polar surface area (TPSA) is 115 Å². The number of H-pyrrole nitrogens is 1. The number of hydrogen-bond donors (Lipinski definition) is 2. The molecule has 0 aliphatic carbocycles. The first kappa shape index (κ1) is 20.6. The number of amides is 1. The Hall–Kier alpha value is -3.10. The van der Waals surface area contributed by atoms with Crippen LogP contribution in [0.15, 0.2) is 22.6 Å². The van der Waals surface area contributed by atoms with Crippen molar-refractivity contribution in [1.29, 1.82) is 0 Å². The van der Waals surface area contributed by atoms with Crippen LogP contribution < -0.4 is 14.8 Å². The van der Waals surface area contributed by atoms with E-state index in [2.05, 4.69) is 32.9 Å². The SMILES string of the molecule is CCCCCCCCCOc1c(C(=O)Nc2nn[nH]n2)oc2c(OC)cccc12. The van der Waals surface area contributed by atoms with Crippen molar-refractivity contribution >= 4 is 22.8 Å². The van der Waals surface area contributed by atoms with E-state index in [4.69, 9.17) is 13.9 Å². The monoisotopic (exact) mass is 401 g/mol. The van der Waals surface area contributed by atoms with E-state index in [1.807, 2.05) is 12.1 Å². The molecule has 9 nitrogen and oxygen atoms in total. The highest BCUT2D eigenvalue weighted by Gasteiger charge is 2.25. The maximum absolute atomic E-state index is 12.7. The van der Waals surface area contributed by atoms with Crippen LogP contribution in [0.3, 0.4) is 0 Å². The molecular formula is C20H27N5O4. The van der Waals surface area contributed by atoms with Crippen LogP contribution in [0, 0.1) is 0 Å². The van der Waals surface area contributed by atoms with E-state index in [1.165, 1.54) is 32.1 Å². The first-order chi connectivity index (χ1) is 14.2. The number of hydrogen-bond acceptors (Lipinski definition) is 7. The molecule has 3 aromatic rings. The number of methoxy groups -OCH3 is 1. The molecule has 2 aromatic heterocycles. The second kappa shape index (κ2) is 10.4. The number of unbranched alkanes of at least 4 members (excludes halogenated alkanes) is 6. The predicted molar refractivity (Wildman–Crippen MR) is 108 cm³/mol. The number of benzene rings is 1. The predicted octanol–water partition coefficient (Wildman–Crippen LogP) is 4.34. The Morgan fingerprint density at radius 3 is 2.69 bits per heavy atom. The zero-order chi connectivity index (χ0) is 20.5. The molecule has 0 unspecified atom stereocenters. The van der Waals surface area contributed by atoms with Gasteiger partial charge in [0.15, 0.2) is 17.1 Å². The van der Waals surface area contributed by atoms with E-state index in [1.54, 1.807) is 13.2 Å². The van der Waals surface area contributed by atoms with Crippen LogP contribution in [-0.2, 0) is 0 Å². The van der Waals surface area contributed by atoms with Crippen LogP contribution in [-0.4, -0.2) is 40.2 Å². The number of nitrogens with one attached hydrogen (secondary N) is 2. The van der Waals surface area contributed by atoms with Gasteiger partial charge in [0.2, 0.25) is 5.76 Å². The van der Waals surface area contributed by atoms with Crippen LogP contribution in [0.2, 0.25) is 0 Å². The summed E-state index contributed by atoms with van der Waals surface area (Å²) in [6.45, 7) is 2.71. The lowest BCUT2D eigenvalue weighted by Gasteiger charge is -2.07. The minimum atomic E-state index is -0.515. The molecule has 0 atom stereocenters. The fraction of sp³-hybridized carbons (Fsp3) is 0.500. The summed E-state index contributed by atoms with van der Waals surface area (Å²) in [7, 11) is 1.55. The summed E-state index contributed by atoms with van der Waals surface area (Å²) in [6.07, 6.45) is 8.26. The van der Waals surface area contributed by atoms with Gasteiger partial charge in [-0.2, -0.15) is 5.21 Å². The summed E-state index contributed by atoms with van der Waals surface area (Å²) >= 11 is 0. The number of para-hydroxylation sites is 1. The lowest BCUT2D eigenvalue weighted by atomic mass is 10.1. The molecule has 0 bridgehead atoms. The molecule has 156 valence electrons. The molecule has 2 heterocycles. The summed E-state index contributed by atoms with van der Waals surface area (Å²) in [5.41, 5.74) is 0.461. The van der Waals surface area contributed by atoms with Gasteiger partial charge in [0.05, 0.1) is 19.1 Å². The number of carbonyl (C=O) groups excluding carboxylic acids is 1. The normalized spacial score (nSPS) is 11.0. The van der Waals surface area contributed by atoms with Gasteiger partial charge in [0, 0.05) is 0 Å². The third-order valence-corrected chi connectivity index (χ3v) is 4.62. The summed E-state index contributed by atoms with van der Waals surface area (Å²) < 4.78 is 17.1. The minimum Gasteiger partial charge on any atom is -0.493 e. The third-order valence-electron chi connectivity index (χ3n) is 4.62. The standard InChI is InChI=1S/C20H27N5O4/c1-3-4-5-6-7-8-9-13-28-17-14-11-10-12-15(27-2)16(14)29-18(17)19(26)21-20-22-24-25-23-20/h10-12H,3-9,13H2,1-2H3,(H2,21,22,23,24,25,26). The van der Waals surface area contributed by atoms with Crippen molar-refractivity contribution in [1.82, 2.24) is 20.6 Å². The molecule has 0 saturated carbocycles. The molecule has 0 aliphatic rings. The van der Waals surface area contributed by atoms with E-state index < -0.39 is 5.91 Å². The van der Waals surface area contributed by atoms with Gasteiger partial charge in [-0.25, -0.2) is 0 Å². The number of fused-ring (bicyclic) bond motifs is 1. The van der Waals surface area contributed by atoms with Crippen LogP contribution in [0.5, 0.6) is 11.5 Å². The summed E-state index contributed by atoms with van der Waals surface area (Å²) in [5.74, 6) is 0.518. The van der Waals surface area contributed by atoms with Crippen molar-refractivity contribution in [3.8, 4) is 11.5 Å². The van der Waals surface area contributed by atoms with Gasteiger partial charge in [-0.15, -0.1) is 5.10 Å². The number of rotatable bonds is 12. The van der Waals surface area contributed by atoms with Crippen molar-refractivity contribution in [2.45, 2.75) is 51.9 Å². The number of aromatic nitrogens is 4. The van der Waals surface area contributed by atoms with Crippen molar-refractivity contribution in [3.05, 3.63) is 24.0 Å². The number of ether oxygens (including phenoxy) is 2. The number of carbonyl (C=O) groups is 1. The molecule has 0 aliphatic heterocycles. The minimum absolute atomic E-state index is 0.0530. The van der Waals surface area contributed by atoms with Crippen LogP contribution >= 0.6 is 0 Å². The molecule has 9 heteroatoms. The largest absolute Gasteiger partial charge is 0.493 e. The van der Waals surface area contributed by atoms with Crippen molar-refractivity contribution in [2.24, 2.45) is 0 Å². The Balaban J connectivity index is 1.70. The maximum Gasteiger partial charge on any atom is 0.297 e. The molecular weight excluding hydrogens is 374 g/mol. The van der Waals surface area contributed by atoms with E-state index in [-0.39, 0.29) is 11.7 Å². The Labute approximate surface area is 169 Å². The zero-order valence-electron chi connectivity index (χ0n) is 16.9. The summed E-state index contributed by atoms with van der Waals surface area (Å²) in [6, 6.07) is 5.44. The maximum atomic E-state index is 12.7. The Kier molecular flexibility index (Phi) is 7.43. The van der Waals surface area contributed by atoms with E-state index in [0.29, 0.717) is 29.1 Å². The van der Waals surface area contributed by atoms with Gasteiger partial charge in [0.1, 0.15) is 0 Å². The van der Waals surface area contributed by atoms with Gasteiger partial charge in [-0.1, -0.05) is 56.6 Å². The van der Waals surface area contributed by atoms with E-state index in [0.717, 1.165) is 12.8 Å². The van der Waals surface area contributed by atoms with E-state index in [9.17, 15) is 4.79 Å². The molecule has 0 fully saturated rings. The number of aromatic amines is 1. The first-order valence-electron chi connectivity index (χ1n) is 10.0.